The van der Waals surface area contributed by atoms with Crippen molar-refractivity contribution in [1.29, 1.82) is 0 Å². The van der Waals surface area contributed by atoms with E-state index in [0.29, 0.717) is 31.0 Å². The first-order valence-electron chi connectivity index (χ1n) is 8.78. The van der Waals surface area contributed by atoms with E-state index in [1.165, 1.54) is 0 Å². The van der Waals surface area contributed by atoms with E-state index >= 15 is 0 Å². The van der Waals surface area contributed by atoms with Gasteiger partial charge in [-0.25, -0.2) is 0 Å². The summed E-state index contributed by atoms with van der Waals surface area (Å²) in [5.74, 6) is 1.37. The normalized spacial score (nSPS) is 10.5. The second kappa shape index (κ2) is 10.2. The molecule has 140 valence electrons. The van der Waals surface area contributed by atoms with Gasteiger partial charge in [-0.2, -0.15) is 0 Å². The molecule has 1 aromatic carbocycles. The van der Waals surface area contributed by atoms with E-state index in [9.17, 15) is 4.79 Å². The molecule has 0 saturated carbocycles. The third kappa shape index (κ3) is 5.46. The van der Waals surface area contributed by atoms with Crippen LogP contribution in [0.5, 0.6) is 11.5 Å². The summed E-state index contributed by atoms with van der Waals surface area (Å²) < 4.78 is 11.9. The Bertz CT molecular complexity index is 737. The second-order valence-electron chi connectivity index (χ2n) is 5.95. The van der Waals surface area contributed by atoms with Gasteiger partial charge in [0.05, 0.1) is 19.3 Å². The van der Waals surface area contributed by atoms with Crippen molar-refractivity contribution in [2.75, 3.05) is 20.3 Å². The van der Waals surface area contributed by atoms with Crippen molar-refractivity contribution in [3.05, 3.63) is 52.3 Å². The number of ether oxygens (including phenoxy) is 2. The number of carbonyl (C=O) groups excluding carboxylic acids is 1. The smallest absolute Gasteiger partial charge is 0.255 e. The van der Waals surface area contributed by atoms with Crippen LogP contribution in [0.25, 0.3) is 0 Å². The second-order valence-corrected chi connectivity index (χ2v) is 6.87. The van der Waals surface area contributed by atoms with Gasteiger partial charge in [0, 0.05) is 30.0 Å². The molecule has 0 radical (unpaired) electrons. The number of amides is 1. The SMILES string of the molecule is CCCOc1ccc(CN(CCC)C(=O)c2cncc(Br)c2)cc1OC. The highest BCUT2D eigenvalue weighted by Crippen LogP contribution is 2.29. The lowest BCUT2D eigenvalue weighted by molar-refractivity contribution is 0.0742. The Morgan fingerprint density at radius 3 is 2.62 bits per heavy atom. The molecule has 5 nitrogen and oxygen atoms in total. The van der Waals surface area contributed by atoms with Crippen LogP contribution in [0.2, 0.25) is 0 Å². The Hall–Kier alpha value is -2.08. The summed E-state index contributed by atoms with van der Waals surface area (Å²) in [5.41, 5.74) is 1.57. The summed E-state index contributed by atoms with van der Waals surface area (Å²) in [5, 5.41) is 0. The third-order valence-electron chi connectivity index (χ3n) is 3.80. The zero-order chi connectivity index (χ0) is 18.9. The predicted octanol–water partition coefficient (Wildman–Crippen LogP) is 4.69. The van der Waals surface area contributed by atoms with Crippen molar-refractivity contribution in [2.45, 2.75) is 33.2 Å². The Kier molecular flexibility index (Phi) is 7.91. The molecule has 0 aliphatic heterocycles. The summed E-state index contributed by atoms with van der Waals surface area (Å²) in [4.78, 5) is 18.8. The Balaban J connectivity index is 2.20. The molecule has 26 heavy (non-hydrogen) atoms. The summed E-state index contributed by atoms with van der Waals surface area (Å²) in [6.07, 6.45) is 5.07. The number of carbonyl (C=O) groups is 1. The van der Waals surface area contributed by atoms with Gasteiger partial charge in [0.25, 0.3) is 5.91 Å². The minimum atomic E-state index is -0.0362. The maximum absolute atomic E-state index is 12.9. The fourth-order valence-corrected chi connectivity index (χ4v) is 2.96. The van der Waals surface area contributed by atoms with Gasteiger partial charge >= 0.3 is 0 Å². The zero-order valence-electron chi connectivity index (χ0n) is 15.5. The fraction of sp³-hybridized carbons (Fsp3) is 0.400. The van der Waals surface area contributed by atoms with Crippen LogP contribution < -0.4 is 9.47 Å². The van der Waals surface area contributed by atoms with Crippen LogP contribution in [0, 0.1) is 0 Å². The van der Waals surface area contributed by atoms with Crippen LogP contribution >= 0.6 is 15.9 Å². The minimum Gasteiger partial charge on any atom is -0.493 e. The van der Waals surface area contributed by atoms with Crippen LogP contribution in [0.15, 0.2) is 41.1 Å². The van der Waals surface area contributed by atoms with E-state index in [1.54, 1.807) is 25.6 Å². The van der Waals surface area contributed by atoms with Crippen LogP contribution in [0.4, 0.5) is 0 Å². The first-order chi connectivity index (χ1) is 12.6. The lowest BCUT2D eigenvalue weighted by Gasteiger charge is -2.23. The topological polar surface area (TPSA) is 51.7 Å². The molecule has 1 amide bonds. The number of pyridine rings is 1. The molecule has 0 spiro atoms. The lowest BCUT2D eigenvalue weighted by Crippen LogP contribution is -2.31. The molecule has 2 aromatic rings. The summed E-state index contributed by atoms with van der Waals surface area (Å²) >= 11 is 3.37. The number of nitrogens with zero attached hydrogens (tertiary/aromatic N) is 2. The van der Waals surface area contributed by atoms with E-state index in [2.05, 4.69) is 34.8 Å². The molecule has 0 fully saturated rings. The first kappa shape index (κ1) is 20.2. The molecular formula is C20H25BrN2O3. The number of rotatable bonds is 9. The molecule has 0 saturated heterocycles. The van der Waals surface area contributed by atoms with Gasteiger partial charge in [-0.3, -0.25) is 9.78 Å². The molecule has 1 heterocycles. The summed E-state index contributed by atoms with van der Waals surface area (Å²) in [6.45, 7) is 5.94. The maximum Gasteiger partial charge on any atom is 0.255 e. The Morgan fingerprint density at radius 1 is 1.15 bits per heavy atom. The van der Waals surface area contributed by atoms with Gasteiger partial charge in [0.2, 0.25) is 0 Å². The fourth-order valence-electron chi connectivity index (χ4n) is 2.60. The highest BCUT2D eigenvalue weighted by atomic mass is 79.9. The van der Waals surface area contributed by atoms with Gasteiger partial charge in [-0.15, -0.1) is 0 Å². The maximum atomic E-state index is 12.9. The molecular weight excluding hydrogens is 396 g/mol. The van der Waals surface area contributed by atoms with Gasteiger partial charge in [-0.1, -0.05) is 19.9 Å². The average molecular weight is 421 g/mol. The van der Waals surface area contributed by atoms with Crippen molar-refractivity contribution < 1.29 is 14.3 Å². The summed E-state index contributed by atoms with van der Waals surface area (Å²) in [6, 6.07) is 7.60. The number of halogens is 1. The predicted molar refractivity (Wildman–Crippen MR) is 106 cm³/mol. The summed E-state index contributed by atoms with van der Waals surface area (Å²) in [7, 11) is 1.63. The molecule has 2 rings (SSSR count). The van der Waals surface area contributed by atoms with Crippen LogP contribution in [-0.4, -0.2) is 36.1 Å². The number of methoxy groups -OCH3 is 1. The van der Waals surface area contributed by atoms with Gasteiger partial charge in [0.1, 0.15) is 0 Å². The molecule has 0 aliphatic rings. The average Bonchev–Trinajstić information content (AvgIpc) is 2.65. The number of aromatic nitrogens is 1. The number of benzene rings is 1. The minimum absolute atomic E-state index is 0.0362. The van der Waals surface area contributed by atoms with Gasteiger partial charge in [-0.05, 0) is 52.5 Å². The van der Waals surface area contributed by atoms with Crippen molar-refractivity contribution >= 4 is 21.8 Å². The number of hydrogen-bond acceptors (Lipinski definition) is 4. The standard InChI is InChI=1S/C20H25BrN2O3/c1-4-8-23(20(24)16-11-17(21)13-22-12-16)14-15-6-7-18(26-9-5-2)19(10-15)25-3/h6-7,10-13H,4-5,8-9,14H2,1-3H3. The van der Waals surface area contributed by atoms with Gasteiger partial charge < -0.3 is 14.4 Å². The van der Waals surface area contributed by atoms with E-state index in [1.807, 2.05) is 23.1 Å². The van der Waals surface area contributed by atoms with Crippen molar-refractivity contribution in [3.63, 3.8) is 0 Å². The van der Waals surface area contributed by atoms with Crippen molar-refractivity contribution in [2.24, 2.45) is 0 Å². The van der Waals surface area contributed by atoms with E-state index in [-0.39, 0.29) is 5.91 Å². The van der Waals surface area contributed by atoms with Crippen molar-refractivity contribution in [1.82, 2.24) is 9.88 Å². The van der Waals surface area contributed by atoms with E-state index < -0.39 is 0 Å². The van der Waals surface area contributed by atoms with E-state index in [4.69, 9.17) is 9.47 Å². The number of hydrogen-bond donors (Lipinski definition) is 0. The molecule has 0 N–H and O–H groups in total. The highest BCUT2D eigenvalue weighted by molar-refractivity contribution is 9.10. The third-order valence-corrected chi connectivity index (χ3v) is 4.23. The van der Waals surface area contributed by atoms with Crippen molar-refractivity contribution in [3.8, 4) is 11.5 Å². The molecule has 6 heteroatoms. The van der Waals surface area contributed by atoms with Gasteiger partial charge in [0.15, 0.2) is 11.5 Å². The Morgan fingerprint density at radius 2 is 1.96 bits per heavy atom. The molecule has 0 bridgehead atoms. The quantitative estimate of drug-likeness (QED) is 0.589. The monoisotopic (exact) mass is 420 g/mol. The van der Waals surface area contributed by atoms with Crippen LogP contribution in [-0.2, 0) is 6.54 Å². The van der Waals surface area contributed by atoms with E-state index in [0.717, 1.165) is 28.6 Å². The Labute approximate surface area is 163 Å². The van der Waals surface area contributed by atoms with Crippen LogP contribution in [0.3, 0.4) is 0 Å². The zero-order valence-corrected chi connectivity index (χ0v) is 17.1. The lowest BCUT2D eigenvalue weighted by atomic mass is 10.1. The first-order valence-corrected chi connectivity index (χ1v) is 9.57. The molecule has 0 unspecified atom stereocenters. The largest absolute Gasteiger partial charge is 0.493 e. The molecule has 0 atom stereocenters. The molecule has 1 aromatic heterocycles. The molecule has 0 aliphatic carbocycles. The highest BCUT2D eigenvalue weighted by Gasteiger charge is 2.17. The van der Waals surface area contributed by atoms with Crippen LogP contribution in [0.1, 0.15) is 42.6 Å².